The van der Waals surface area contributed by atoms with Crippen molar-refractivity contribution in [3.8, 4) is 16.2 Å². The van der Waals surface area contributed by atoms with E-state index >= 15 is 0 Å². The van der Waals surface area contributed by atoms with E-state index in [0.717, 1.165) is 18.9 Å². The van der Waals surface area contributed by atoms with E-state index in [1.165, 1.54) is 69.6 Å². The van der Waals surface area contributed by atoms with Crippen LogP contribution in [0, 0.1) is 0 Å². The molecule has 0 saturated carbocycles. The van der Waals surface area contributed by atoms with Crippen molar-refractivity contribution >= 4 is 21.4 Å². The van der Waals surface area contributed by atoms with Gasteiger partial charge in [0.25, 0.3) is 0 Å². The molecule has 2 aliphatic rings. The highest BCUT2D eigenvalue weighted by atomic mass is 32.1. The van der Waals surface area contributed by atoms with Gasteiger partial charge in [-0.25, -0.2) is 0 Å². The summed E-state index contributed by atoms with van der Waals surface area (Å²) >= 11 is 1.87. The molecule has 4 heteroatoms. The number of hydrogen-bond donors (Lipinski definition) is 0. The molecule has 6 rings (SSSR count). The number of rotatable bonds is 5. The maximum absolute atomic E-state index is 6.57. The van der Waals surface area contributed by atoms with Gasteiger partial charge in [-0.15, -0.1) is 11.3 Å². The molecule has 0 N–H and O–H groups in total. The standard InChI is InChI=1S/C29H29NO2S/c1-6-16-30(17-7-1)18-19-31-23-14-12-21(13-15-23)28-27-25-10-4-5-11-26(25)33-29(27)24-9-3-2-8-22(24)20-32-28/h2-5,8-15,28H,1,6-7,16-20H2. The number of likely N-dealkylation sites (tertiary alicyclic amines) is 1. The second kappa shape index (κ2) is 9.30. The SMILES string of the molecule is c1ccc2c(c1)COC(c1ccc(OCCN3CCCCC3)cc1)c1c-2sc2ccccc12. The molecule has 0 amide bonds. The first kappa shape index (κ1) is 20.9. The fourth-order valence-electron chi connectivity index (χ4n) is 5.13. The third-order valence-electron chi connectivity index (χ3n) is 6.87. The Hall–Kier alpha value is -2.66. The monoisotopic (exact) mass is 455 g/mol. The van der Waals surface area contributed by atoms with E-state index in [-0.39, 0.29) is 6.10 Å². The Morgan fingerprint density at radius 1 is 0.879 bits per heavy atom. The second-order valence-corrected chi connectivity index (χ2v) is 10.1. The van der Waals surface area contributed by atoms with Gasteiger partial charge in [0.2, 0.25) is 0 Å². The van der Waals surface area contributed by atoms with Crippen LogP contribution in [0.2, 0.25) is 0 Å². The van der Waals surface area contributed by atoms with Gasteiger partial charge in [-0.2, -0.15) is 0 Å². The van der Waals surface area contributed by atoms with E-state index in [0.29, 0.717) is 6.61 Å². The predicted molar refractivity (Wildman–Crippen MR) is 136 cm³/mol. The first-order chi connectivity index (χ1) is 16.4. The molecule has 1 saturated heterocycles. The smallest absolute Gasteiger partial charge is 0.119 e. The van der Waals surface area contributed by atoms with Gasteiger partial charge in [0.1, 0.15) is 18.5 Å². The van der Waals surface area contributed by atoms with E-state index < -0.39 is 0 Å². The van der Waals surface area contributed by atoms with Crippen molar-refractivity contribution in [3.05, 3.63) is 89.5 Å². The van der Waals surface area contributed by atoms with Crippen molar-refractivity contribution in [2.75, 3.05) is 26.2 Å². The van der Waals surface area contributed by atoms with Crippen LogP contribution < -0.4 is 4.74 Å². The fraction of sp³-hybridized carbons (Fsp3) is 0.310. The van der Waals surface area contributed by atoms with Crippen molar-refractivity contribution in [2.24, 2.45) is 0 Å². The minimum atomic E-state index is -0.0917. The quantitative estimate of drug-likeness (QED) is 0.322. The topological polar surface area (TPSA) is 21.7 Å². The molecule has 2 aliphatic heterocycles. The van der Waals surface area contributed by atoms with Crippen LogP contribution in [0.3, 0.4) is 0 Å². The molecule has 168 valence electrons. The summed E-state index contributed by atoms with van der Waals surface area (Å²) in [6, 6.07) is 25.9. The van der Waals surface area contributed by atoms with Crippen molar-refractivity contribution in [2.45, 2.75) is 32.0 Å². The number of benzene rings is 3. The lowest BCUT2D eigenvalue weighted by molar-refractivity contribution is 0.0702. The molecule has 33 heavy (non-hydrogen) atoms. The Kier molecular flexibility index (Phi) is 5.89. The number of piperidine rings is 1. The lowest BCUT2D eigenvalue weighted by atomic mass is 9.96. The summed E-state index contributed by atoms with van der Waals surface area (Å²) in [5.41, 5.74) is 5.02. The van der Waals surface area contributed by atoms with E-state index in [9.17, 15) is 0 Å². The van der Waals surface area contributed by atoms with Crippen molar-refractivity contribution in [1.82, 2.24) is 4.90 Å². The van der Waals surface area contributed by atoms with E-state index in [1.54, 1.807) is 0 Å². The minimum Gasteiger partial charge on any atom is -0.492 e. The summed E-state index contributed by atoms with van der Waals surface area (Å²) in [7, 11) is 0. The van der Waals surface area contributed by atoms with Crippen LogP contribution in [0.15, 0.2) is 72.8 Å². The van der Waals surface area contributed by atoms with Crippen LogP contribution in [0.4, 0.5) is 0 Å². The molecule has 0 bridgehead atoms. The Bertz CT molecular complexity index is 1240. The summed E-state index contributed by atoms with van der Waals surface area (Å²) in [6.07, 6.45) is 3.91. The Labute approximate surface area is 199 Å². The van der Waals surface area contributed by atoms with Crippen molar-refractivity contribution in [1.29, 1.82) is 0 Å². The molecule has 3 aromatic carbocycles. The lowest BCUT2D eigenvalue weighted by Gasteiger charge is -2.26. The fourth-order valence-corrected chi connectivity index (χ4v) is 6.42. The highest BCUT2D eigenvalue weighted by molar-refractivity contribution is 7.22. The summed E-state index contributed by atoms with van der Waals surface area (Å²) < 4.78 is 13.9. The third-order valence-corrected chi connectivity index (χ3v) is 8.09. The molecule has 0 spiro atoms. The maximum atomic E-state index is 6.57. The second-order valence-electron chi connectivity index (χ2n) is 9.01. The van der Waals surface area contributed by atoms with Gasteiger partial charge in [-0.3, -0.25) is 4.90 Å². The van der Waals surface area contributed by atoms with Gasteiger partial charge in [-0.1, -0.05) is 61.0 Å². The molecule has 1 unspecified atom stereocenters. The van der Waals surface area contributed by atoms with Gasteiger partial charge >= 0.3 is 0 Å². The third kappa shape index (κ3) is 4.19. The van der Waals surface area contributed by atoms with Crippen LogP contribution in [0.25, 0.3) is 20.5 Å². The maximum Gasteiger partial charge on any atom is 0.119 e. The van der Waals surface area contributed by atoms with E-state index in [1.807, 2.05) is 11.3 Å². The molecular weight excluding hydrogens is 426 g/mol. The average Bonchev–Trinajstić information content (AvgIpc) is 3.17. The van der Waals surface area contributed by atoms with Crippen LogP contribution >= 0.6 is 11.3 Å². The van der Waals surface area contributed by atoms with Crippen molar-refractivity contribution in [3.63, 3.8) is 0 Å². The Balaban J connectivity index is 1.27. The number of thiophene rings is 1. The number of nitrogens with zero attached hydrogens (tertiary/aromatic N) is 1. The molecule has 1 fully saturated rings. The van der Waals surface area contributed by atoms with Crippen LogP contribution in [0.1, 0.15) is 42.1 Å². The first-order valence-electron chi connectivity index (χ1n) is 12.0. The molecule has 1 atom stereocenters. The lowest BCUT2D eigenvalue weighted by Crippen LogP contribution is -2.33. The first-order valence-corrected chi connectivity index (χ1v) is 12.8. The zero-order valence-corrected chi connectivity index (χ0v) is 19.7. The van der Waals surface area contributed by atoms with Gasteiger partial charge in [0.15, 0.2) is 0 Å². The van der Waals surface area contributed by atoms with E-state index in [4.69, 9.17) is 9.47 Å². The number of ether oxygens (including phenoxy) is 2. The zero-order valence-electron chi connectivity index (χ0n) is 18.8. The molecule has 0 aliphatic carbocycles. The normalized spacial score (nSPS) is 18.5. The van der Waals surface area contributed by atoms with Gasteiger partial charge in [0.05, 0.1) is 6.61 Å². The molecule has 3 nitrogen and oxygen atoms in total. The molecule has 4 aromatic rings. The minimum absolute atomic E-state index is 0.0917. The average molecular weight is 456 g/mol. The summed E-state index contributed by atoms with van der Waals surface area (Å²) in [5, 5.41) is 1.29. The Morgan fingerprint density at radius 3 is 2.55 bits per heavy atom. The van der Waals surface area contributed by atoms with Gasteiger partial charge in [-0.05, 0) is 66.2 Å². The van der Waals surface area contributed by atoms with Crippen LogP contribution in [-0.4, -0.2) is 31.1 Å². The van der Waals surface area contributed by atoms with Crippen molar-refractivity contribution < 1.29 is 9.47 Å². The summed E-state index contributed by atoms with van der Waals surface area (Å²) in [6.45, 7) is 4.79. The van der Waals surface area contributed by atoms with Crippen LogP contribution in [0.5, 0.6) is 5.75 Å². The number of fused-ring (bicyclic) bond motifs is 5. The zero-order chi connectivity index (χ0) is 22.0. The Morgan fingerprint density at radius 2 is 1.67 bits per heavy atom. The van der Waals surface area contributed by atoms with E-state index in [2.05, 4.69) is 77.7 Å². The number of hydrogen-bond acceptors (Lipinski definition) is 4. The molecule has 3 heterocycles. The molecule has 1 aromatic heterocycles. The van der Waals surface area contributed by atoms with Gasteiger partial charge < -0.3 is 9.47 Å². The predicted octanol–water partition coefficient (Wildman–Crippen LogP) is 7.05. The molecule has 0 radical (unpaired) electrons. The molecular formula is C29H29NO2S. The van der Waals surface area contributed by atoms with Crippen LogP contribution in [-0.2, 0) is 11.3 Å². The van der Waals surface area contributed by atoms with Gasteiger partial charge in [0, 0.05) is 21.7 Å². The summed E-state index contributed by atoms with van der Waals surface area (Å²) in [4.78, 5) is 3.84. The largest absolute Gasteiger partial charge is 0.492 e. The highest BCUT2D eigenvalue weighted by Crippen LogP contribution is 2.48. The highest BCUT2D eigenvalue weighted by Gasteiger charge is 2.28. The summed E-state index contributed by atoms with van der Waals surface area (Å²) in [5.74, 6) is 0.933.